The van der Waals surface area contributed by atoms with Crippen LogP contribution in [0.3, 0.4) is 0 Å². The number of carbonyl (C=O) groups is 1. The lowest BCUT2D eigenvalue weighted by Gasteiger charge is -2.28. The number of carbonyl (C=O) groups excluding carboxylic acids is 1. The second-order valence-corrected chi connectivity index (χ2v) is 4.04. The first-order chi connectivity index (χ1) is 10.5. The summed E-state index contributed by atoms with van der Waals surface area (Å²) in [5.74, 6) is -1.41. The molecule has 7 nitrogen and oxygen atoms in total. The number of amidine groups is 1. The van der Waals surface area contributed by atoms with Crippen molar-refractivity contribution >= 4 is 11.8 Å². The van der Waals surface area contributed by atoms with Crippen molar-refractivity contribution in [3.05, 3.63) is 11.4 Å². The number of hydrogen-bond donors (Lipinski definition) is 3. The van der Waals surface area contributed by atoms with E-state index in [1.807, 2.05) is 5.43 Å². The molecular formula is C10H12F6N4O3. The van der Waals surface area contributed by atoms with Crippen LogP contribution in [0, 0.1) is 0 Å². The molecule has 0 spiro atoms. The maximum atomic E-state index is 12.8. The molecule has 0 fully saturated rings. The third-order valence-corrected chi connectivity index (χ3v) is 2.48. The largest absolute Gasteiger partial charge is 0.468 e. The molecule has 0 aromatic rings. The van der Waals surface area contributed by atoms with Crippen LogP contribution in [-0.4, -0.2) is 51.1 Å². The summed E-state index contributed by atoms with van der Waals surface area (Å²) in [6.45, 7) is -0.465. The van der Waals surface area contributed by atoms with Crippen molar-refractivity contribution in [2.45, 2.75) is 18.6 Å². The van der Waals surface area contributed by atoms with Crippen molar-refractivity contribution in [1.29, 1.82) is 0 Å². The Hall–Kier alpha value is -2.02. The van der Waals surface area contributed by atoms with Gasteiger partial charge < -0.3 is 9.47 Å². The summed E-state index contributed by atoms with van der Waals surface area (Å²) >= 11 is 0. The van der Waals surface area contributed by atoms with Gasteiger partial charge in [-0.15, -0.1) is 0 Å². The SMILES string of the molecule is COC(=O)CNC(OC)C1=NC(C(F)(F)F)=C(C(F)(F)F)NN1. The van der Waals surface area contributed by atoms with Gasteiger partial charge in [-0.25, -0.2) is 4.99 Å². The molecule has 1 aliphatic rings. The standard InChI is InChI=1S/C10H12F6N4O3/c1-22-4(21)3-17-8(23-2)7-18-5(9(11,12)13)6(19-20-7)10(14,15)16/h8,17,19H,3H2,1-2H3,(H,18,20). The number of methoxy groups -OCH3 is 2. The van der Waals surface area contributed by atoms with E-state index in [0.717, 1.165) is 14.2 Å². The number of hydrazine groups is 1. The second-order valence-electron chi connectivity index (χ2n) is 4.04. The van der Waals surface area contributed by atoms with Crippen LogP contribution in [0.1, 0.15) is 0 Å². The van der Waals surface area contributed by atoms with E-state index in [1.165, 1.54) is 5.43 Å². The molecule has 0 aromatic carbocycles. The number of rotatable bonds is 5. The van der Waals surface area contributed by atoms with Gasteiger partial charge in [0.15, 0.2) is 23.5 Å². The zero-order chi connectivity index (χ0) is 17.8. The van der Waals surface area contributed by atoms with Crippen LogP contribution in [0.2, 0.25) is 0 Å². The Labute approximate surface area is 125 Å². The maximum absolute atomic E-state index is 12.8. The average molecular weight is 350 g/mol. The van der Waals surface area contributed by atoms with Crippen molar-refractivity contribution in [3.8, 4) is 0 Å². The summed E-state index contributed by atoms with van der Waals surface area (Å²) < 4.78 is 85.1. The van der Waals surface area contributed by atoms with Crippen LogP contribution in [-0.2, 0) is 14.3 Å². The molecule has 0 radical (unpaired) electrons. The first kappa shape index (κ1) is 19.0. The van der Waals surface area contributed by atoms with Gasteiger partial charge in [0.05, 0.1) is 13.7 Å². The third-order valence-electron chi connectivity index (χ3n) is 2.48. The van der Waals surface area contributed by atoms with Crippen LogP contribution >= 0.6 is 0 Å². The fraction of sp³-hybridized carbons (Fsp3) is 0.600. The van der Waals surface area contributed by atoms with E-state index in [1.54, 1.807) is 0 Å². The molecule has 13 heteroatoms. The minimum Gasteiger partial charge on any atom is -0.468 e. The fourth-order valence-corrected chi connectivity index (χ4v) is 1.46. The molecule has 0 bridgehead atoms. The van der Waals surface area contributed by atoms with Crippen molar-refractivity contribution in [3.63, 3.8) is 0 Å². The van der Waals surface area contributed by atoms with E-state index in [2.05, 4.69) is 15.0 Å². The van der Waals surface area contributed by atoms with Crippen molar-refractivity contribution < 1.29 is 40.6 Å². The first-order valence-corrected chi connectivity index (χ1v) is 5.83. The van der Waals surface area contributed by atoms with Gasteiger partial charge in [-0.05, 0) is 0 Å². The van der Waals surface area contributed by atoms with Crippen molar-refractivity contribution in [2.24, 2.45) is 4.99 Å². The molecule has 1 heterocycles. The third kappa shape index (κ3) is 4.99. The Kier molecular flexibility index (Phi) is 5.82. The smallest absolute Gasteiger partial charge is 0.435 e. The Bertz CT molecular complexity index is 514. The normalized spacial score (nSPS) is 17.1. The minimum absolute atomic E-state index is 0.465. The maximum Gasteiger partial charge on any atom is 0.435 e. The zero-order valence-electron chi connectivity index (χ0n) is 11.7. The zero-order valence-corrected chi connectivity index (χ0v) is 11.7. The van der Waals surface area contributed by atoms with Crippen molar-refractivity contribution in [2.75, 3.05) is 20.8 Å². The highest BCUT2D eigenvalue weighted by atomic mass is 19.4. The van der Waals surface area contributed by atoms with Gasteiger partial charge in [-0.1, -0.05) is 0 Å². The molecule has 132 valence electrons. The summed E-state index contributed by atoms with van der Waals surface area (Å²) in [4.78, 5) is 13.9. The predicted octanol–water partition coefficient (Wildman–Crippen LogP) is 0.564. The molecule has 3 N–H and O–H groups in total. The van der Waals surface area contributed by atoms with Gasteiger partial charge >= 0.3 is 18.3 Å². The Balaban J connectivity index is 3.11. The molecule has 0 aliphatic carbocycles. The van der Waals surface area contributed by atoms with Crippen LogP contribution in [0.5, 0.6) is 0 Å². The highest BCUT2D eigenvalue weighted by Crippen LogP contribution is 2.36. The van der Waals surface area contributed by atoms with Gasteiger partial charge in [-0.3, -0.25) is 21.0 Å². The van der Waals surface area contributed by atoms with E-state index in [9.17, 15) is 31.1 Å². The summed E-state index contributed by atoms with van der Waals surface area (Å²) in [6.07, 6.45) is -12.1. The first-order valence-electron chi connectivity index (χ1n) is 5.83. The number of halogens is 6. The molecule has 23 heavy (non-hydrogen) atoms. The summed E-state index contributed by atoms with van der Waals surface area (Å²) in [7, 11) is 2.12. The summed E-state index contributed by atoms with van der Waals surface area (Å²) in [5.41, 5.74) is -1.000. The lowest BCUT2D eigenvalue weighted by atomic mass is 10.3. The van der Waals surface area contributed by atoms with Crippen LogP contribution in [0.25, 0.3) is 0 Å². The van der Waals surface area contributed by atoms with Crippen LogP contribution in [0.15, 0.2) is 16.4 Å². The Morgan fingerprint density at radius 2 is 1.78 bits per heavy atom. The number of hydrogen-bond acceptors (Lipinski definition) is 7. The molecule has 0 saturated carbocycles. The summed E-state index contributed by atoms with van der Waals surface area (Å²) in [6, 6.07) is 0. The Morgan fingerprint density at radius 3 is 2.22 bits per heavy atom. The lowest BCUT2D eigenvalue weighted by Crippen LogP contribution is -2.55. The highest BCUT2D eigenvalue weighted by molar-refractivity contribution is 5.88. The van der Waals surface area contributed by atoms with E-state index in [4.69, 9.17) is 4.74 Å². The van der Waals surface area contributed by atoms with Crippen molar-refractivity contribution in [1.82, 2.24) is 16.2 Å². The molecule has 0 saturated heterocycles. The molecule has 1 unspecified atom stereocenters. The second kappa shape index (κ2) is 7.04. The highest BCUT2D eigenvalue weighted by Gasteiger charge is 2.48. The minimum atomic E-state index is -5.36. The Morgan fingerprint density at radius 1 is 1.17 bits per heavy atom. The molecule has 1 aliphatic heterocycles. The summed E-state index contributed by atoms with van der Waals surface area (Å²) in [5, 5.41) is 2.31. The van der Waals surface area contributed by atoms with E-state index in [-0.39, 0.29) is 0 Å². The number of nitrogens with one attached hydrogen (secondary N) is 3. The van der Waals surface area contributed by atoms with Gasteiger partial charge in [0.1, 0.15) is 0 Å². The number of alkyl halides is 6. The number of ether oxygens (including phenoxy) is 2. The van der Waals surface area contributed by atoms with E-state index < -0.39 is 48.3 Å². The van der Waals surface area contributed by atoms with Crippen LogP contribution < -0.4 is 16.2 Å². The number of aliphatic imine (C=N–C) groups is 1. The average Bonchev–Trinajstić information content (AvgIpc) is 2.45. The topological polar surface area (TPSA) is 84.0 Å². The lowest BCUT2D eigenvalue weighted by molar-refractivity contribution is -0.140. The molecule has 1 atom stereocenters. The molecule has 0 aromatic heterocycles. The fourth-order valence-electron chi connectivity index (χ4n) is 1.46. The van der Waals surface area contributed by atoms with Gasteiger partial charge in [-0.2, -0.15) is 26.3 Å². The van der Waals surface area contributed by atoms with Gasteiger partial charge in [0.25, 0.3) is 0 Å². The van der Waals surface area contributed by atoms with E-state index in [0.29, 0.717) is 0 Å². The monoisotopic (exact) mass is 350 g/mol. The van der Waals surface area contributed by atoms with Gasteiger partial charge in [0, 0.05) is 7.11 Å². The molecule has 1 rings (SSSR count). The quantitative estimate of drug-likeness (QED) is 0.382. The van der Waals surface area contributed by atoms with Gasteiger partial charge in [0.2, 0.25) is 0 Å². The molecular weight excluding hydrogens is 338 g/mol. The molecule has 0 amide bonds. The predicted molar refractivity (Wildman–Crippen MR) is 63.7 cm³/mol. The van der Waals surface area contributed by atoms with E-state index >= 15 is 0 Å². The number of esters is 1. The van der Waals surface area contributed by atoms with Crippen LogP contribution in [0.4, 0.5) is 26.3 Å². The number of nitrogens with zero attached hydrogens (tertiary/aromatic N) is 1. The number of allylic oxidation sites excluding steroid dienone is 2.